The summed E-state index contributed by atoms with van der Waals surface area (Å²) in [6, 6.07) is 0. The summed E-state index contributed by atoms with van der Waals surface area (Å²) in [5, 5.41) is 0. The second kappa shape index (κ2) is 8.09. The van der Waals surface area contributed by atoms with Gasteiger partial charge < -0.3 is 0 Å². The number of nitrogens with zero attached hydrogens (tertiary/aromatic N) is 1. The fraction of sp³-hybridized carbons (Fsp3) is 0.895. The molecule has 0 aromatic carbocycles. The number of hydrogen-bond donors (Lipinski definition) is 0. The van der Waals surface area contributed by atoms with Crippen LogP contribution in [-0.2, 0) is 0 Å². The third-order valence-electron chi connectivity index (χ3n) is 7.28. The first-order valence-electron chi connectivity index (χ1n) is 9.96. The van der Waals surface area contributed by atoms with Crippen LogP contribution >= 0.6 is 0 Å². The van der Waals surface area contributed by atoms with Crippen LogP contribution in [-0.4, -0.2) is 43.9 Å². The molecule has 0 amide bonds. The van der Waals surface area contributed by atoms with Crippen LogP contribution in [0, 0.1) is 5.92 Å². The van der Waals surface area contributed by atoms with E-state index in [1.807, 2.05) is 9.06 Å². The summed E-state index contributed by atoms with van der Waals surface area (Å²) in [5.41, 5.74) is 2.03. The van der Waals surface area contributed by atoms with Crippen LogP contribution < -0.4 is 0 Å². The van der Waals surface area contributed by atoms with Crippen LogP contribution in [0.2, 0.25) is 22.0 Å². The van der Waals surface area contributed by atoms with Crippen LogP contribution in [0.3, 0.4) is 0 Å². The molecule has 126 valence electrons. The van der Waals surface area contributed by atoms with Gasteiger partial charge in [0.1, 0.15) is 0 Å². The molecule has 2 heterocycles. The molecule has 0 aliphatic carbocycles. The van der Waals surface area contributed by atoms with Gasteiger partial charge in [0.15, 0.2) is 0 Å². The van der Waals surface area contributed by atoms with Crippen molar-refractivity contribution in [1.82, 2.24) is 4.81 Å². The molecule has 0 aromatic rings. The summed E-state index contributed by atoms with van der Waals surface area (Å²) < 4.78 is 1.94. The Labute approximate surface area is 147 Å². The predicted molar refractivity (Wildman–Crippen MR) is 104 cm³/mol. The number of hydrogen-bond acceptors (Lipinski definition) is 1. The molecular weight excluding hydrogens is 372 g/mol. The molecule has 2 fully saturated rings. The SMILES string of the molecule is CCN(CC)[B-]1(CC)/C(=[C](/C)[Sn+]([CH3])[CH3])C2CCCC1CCC2. The van der Waals surface area contributed by atoms with Crippen LogP contribution in [0.15, 0.2) is 9.06 Å². The van der Waals surface area contributed by atoms with Gasteiger partial charge in [-0.15, -0.1) is 0 Å². The molecule has 3 heteroatoms. The molecule has 2 aliphatic rings. The summed E-state index contributed by atoms with van der Waals surface area (Å²) >= 11 is -1.29. The molecule has 2 rings (SSSR count). The fourth-order valence-corrected chi connectivity index (χ4v) is 9.16. The van der Waals surface area contributed by atoms with E-state index in [2.05, 4.69) is 42.4 Å². The average Bonchev–Trinajstić information content (AvgIpc) is 2.72. The van der Waals surface area contributed by atoms with Crippen molar-refractivity contribution in [1.29, 1.82) is 0 Å². The van der Waals surface area contributed by atoms with E-state index in [1.54, 1.807) is 0 Å². The van der Waals surface area contributed by atoms with Crippen LogP contribution in [0.4, 0.5) is 0 Å². The van der Waals surface area contributed by atoms with Crippen molar-refractivity contribution >= 4 is 26.0 Å². The van der Waals surface area contributed by atoms with Gasteiger partial charge in [-0.1, -0.05) is 0 Å². The van der Waals surface area contributed by atoms with Crippen molar-refractivity contribution in [2.45, 2.75) is 88.2 Å². The average molecular weight is 410 g/mol. The molecular formula is C19H38BNSn. The number of rotatable bonds is 5. The zero-order valence-corrected chi connectivity index (χ0v) is 18.9. The Kier molecular flexibility index (Phi) is 6.95. The first kappa shape index (κ1) is 18.9. The second-order valence-electron chi connectivity index (χ2n) is 8.10. The van der Waals surface area contributed by atoms with Gasteiger partial charge in [0.25, 0.3) is 0 Å². The molecule has 0 N–H and O–H groups in total. The van der Waals surface area contributed by atoms with Gasteiger partial charge in [-0.2, -0.15) is 0 Å². The van der Waals surface area contributed by atoms with Crippen molar-refractivity contribution in [2.24, 2.45) is 5.92 Å². The van der Waals surface area contributed by atoms with Crippen LogP contribution in [0.1, 0.15) is 66.2 Å². The summed E-state index contributed by atoms with van der Waals surface area (Å²) in [7, 11) is 0. The van der Waals surface area contributed by atoms with Crippen molar-refractivity contribution in [3.8, 4) is 0 Å². The van der Waals surface area contributed by atoms with Crippen molar-refractivity contribution < 1.29 is 0 Å². The molecule has 1 atom stereocenters. The van der Waals surface area contributed by atoms with Gasteiger partial charge in [-0.3, -0.25) is 0 Å². The first-order valence-corrected chi connectivity index (χ1v) is 17.1. The van der Waals surface area contributed by atoms with E-state index < -0.39 is 26.0 Å². The molecule has 0 radical (unpaired) electrons. The molecule has 2 bridgehead atoms. The fourth-order valence-electron chi connectivity index (χ4n) is 6.22. The first-order chi connectivity index (χ1) is 10.5. The van der Waals surface area contributed by atoms with E-state index in [4.69, 9.17) is 0 Å². The van der Waals surface area contributed by atoms with Gasteiger partial charge in [0.05, 0.1) is 0 Å². The van der Waals surface area contributed by atoms with Gasteiger partial charge in [0.2, 0.25) is 0 Å². The third-order valence-corrected chi connectivity index (χ3v) is 12.4. The van der Waals surface area contributed by atoms with E-state index in [9.17, 15) is 0 Å². The van der Waals surface area contributed by atoms with E-state index >= 15 is 0 Å². The maximum atomic E-state index is 2.93. The minimum atomic E-state index is -1.29. The standard InChI is InChI=1S/C17H32BN.2CH3.Sn/c1-5-17-15-11-9-13-16(14-10-12-15)18(17,6-2)19(7-3)8-4;;;/h15-16H,6-14H2,1-4H3;2*1H3;/q-1;;;+1. The Morgan fingerprint density at radius 1 is 1.05 bits per heavy atom. The monoisotopic (exact) mass is 411 g/mol. The van der Waals surface area contributed by atoms with E-state index in [0.717, 1.165) is 11.7 Å². The van der Waals surface area contributed by atoms with Gasteiger partial charge in [-0.05, 0) is 0 Å². The zero-order valence-electron chi connectivity index (χ0n) is 16.0. The van der Waals surface area contributed by atoms with Crippen molar-refractivity contribution in [2.75, 3.05) is 13.1 Å². The second-order valence-corrected chi connectivity index (χ2v) is 15.9. The van der Waals surface area contributed by atoms with Crippen molar-refractivity contribution in [3.05, 3.63) is 9.06 Å². The summed E-state index contributed by atoms with van der Waals surface area (Å²) in [6.07, 6.45) is 9.93. The molecule has 0 spiro atoms. The Balaban J connectivity index is 2.67. The maximum absolute atomic E-state index is 2.93. The molecule has 22 heavy (non-hydrogen) atoms. The van der Waals surface area contributed by atoms with Gasteiger partial charge in [-0.25, -0.2) is 0 Å². The van der Waals surface area contributed by atoms with Gasteiger partial charge in [0, 0.05) is 0 Å². The van der Waals surface area contributed by atoms with E-state index in [0.29, 0.717) is 0 Å². The number of fused-ring (bicyclic) bond motifs is 3. The molecule has 1 unspecified atom stereocenters. The topological polar surface area (TPSA) is 3.24 Å². The zero-order chi connectivity index (χ0) is 16.3. The molecule has 2 saturated heterocycles. The minimum absolute atomic E-state index is 0.434. The van der Waals surface area contributed by atoms with E-state index in [1.165, 1.54) is 57.9 Å². The Bertz CT molecular complexity index is 392. The quantitative estimate of drug-likeness (QED) is 0.519. The number of allylic oxidation sites excluding steroid dienone is 2. The molecule has 2 aliphatic heterocycles. The summed E-state index contributed by atoms with van der Waals surface area (Å²) in [6.45, 7) is 12.4. The Morgan fingerprint density at radius 3 is 2.00 bits per heavy atom. The summed E-state index contributed by atoms with van der Waals surface area (Å²) in [5.74, 6) is 1.91. The summed E-state index contributed by atoms with van der Waals surface area (Å²) in [4.78, 5) is 8.15. The van der Waals surface area contributed by atoms with Crippen LogP contribution in [0.25, 0.3) is 0 Å². The van der Waals surface area contributed by atoms with Gasteiger partial charge >= 0.3 is 147 Å². The molecule has 0 aromatic heterocycles. The predicted octanol–water partition coefficient (Wildman–Crippen LogP) is 5.80. The normalized spacial score (nSPS) is 34.5. The van der Waals surface area contributed by atoms with Crippen molar-refractivity contribution in [3.63, 3.8) is 0 Å². The Hall–Kier alpha value is 0.564. The van der Waals surface area contributed by atoms with E-state index in [-0.39, 0.29) is 0 Å². The van der Waals surface area contributed by atoms with Crippen LogP contribution in [0.5, 0.6) is 0 Å². The Morgan fingerprint density at radius 2 is 1.59 bits per heavy atom. The third kappa shape index (κ3) is 3.20. The molecule has 1 nitrogen and oxygen atoms in total. The molecule has 0 saturated carbocycles.